The molecule has 0 aliphatic carbocycles. The van der Waals surface area contributed by atoms with Crippen LogP contribution in [0.25, 0.3) is 0 Å². The second-order valence-corrected chi connectivity index (χ2v) is 3.03. The Hall–Kier alpha value is -1.19. The lowest BCUT2D eigenvalue weighted by molar-refractivity contribution is -0.619. The Morgan fingerprint density at radius 1 is 1.54 bits per heavy atom. The average molecular weight is 187 g/mol. The Labute approximate surface area is 75.4 Å². The number of nitrogens with zero attached hydrogens (tertiary/aromatic N) is 1. The highest BCUT2D eigenvalue weighted by Crippen LogP contribution is 2.18. The van der Waals surface area contributed by atoms with E-state index in [1.165, 1.54) is 0 Å². The molecule has 0 spiro atoms. The van der Waals surface area contributed by atoms with E-state index in [9.17, 15) is 14.0 Å². The van der Waals surface area contributed by atoms with Crippen molar-refractivity contribution in [1.29, 1.82) is 0 Å². The number of hydrogen-bond donors (Lipinski definition) is 0. The van der Waals surface area contributed by atoms with Crippen LogP contribution < -0.4 is 4.73 Å². The van der Waals surface area contributed by atoms with E-state index in [1.54, 1.807) is 6.92 Å². The predicted octanol–water partition coefficient (Wildman–Crippen LogP) is 2.11. The van der Waals surface area contributed by atoms with E-state index < -0.39 is 11.6 Å². The van der Waals surface area contributed by atoms with Gasteiger partial charge in [-0.15, -0.1) is 0 Å². The molecule has 4 heteroatoms. The largest absolute Gasteiger partial charge is 0.618 e. The summed E-state index contributed by atoms with van der Waals surface area (Å²) in [5.74, 6) is -1.82. The fourth-order valence-electron chi connectivity index (χ4n) is 1.17. The van der Waals surface area contributed by atoms with Crippen molar-refractivity contribution in [3.63, 3.8) is 0 Å². The fourth-order valence-corrected chi connectivity index (χ4v) is 1.17. The van der Waals surface area contributed by atoms with Crippen LogP contribution in [-0.2, 0) is 0 Å². The van der Waals surface area contributed by atoms with Crippen LogP contribution in [0, 0.1) is 16.8 Å². The SMILES string of the molecule is CC[C@H](C)c1c(F)cc(F)c[n+]1[O-]. The summed E-state index contributed by atoms with van der Waals surface area (Å²) in [6.45, 7) is 3.57. The molecule has 1 rings (SSSR count). The van der Waals surface area contributed by atoms with Gasteiger partial charge in [-0.05, 0) is 6.42 Å². The van der Waals surface area contributed by atoms with Gasteiger partial charge < -0.3 is 5.21 Å². The van der Waals surface area contributed by atoms with Gasteiger partial charge in [-0.25, -0.2) is 4.39 Å². The normalized spacial score (nSPS) is 12.9. The van der Waals surface area contributed by atoms with Gasteiger partial charge in [0.2, 0.25) is 11.9 Å². The number of aromatic nitrogens is 1. The van der Waals surface area contributed by atoms with Crippen LogP contribution in [0.1, 0.15) is 31.9 Å². The van der Waals surface area contributed by atoms with Gasteiger partial charge in [-0.2, -0.15) is 9.12 Å². The van der Waals surface area contributed by atoms with Crippen LogP contribution in [0.2, 0.25) is 0 Å². The minimum Gasteiger partial charge on any atom is -0.618 e. The molecule has 1 aromatic heterocycles. The zero-order valence-electron chi connectivity index (χ0n) is 7.55. The first kappa shape index (κ1) is 9.89. The summed E-state index contributed by atoms with van der Waals surface area (Å²) in [5.41, 5.74) is 0.00361. The average Bonchev–Trinajstić information content (AvgIpc) is 2.02. The number of pyridine rings is 1. The molecule has 0 aromatic carbocycles. The predicted molar refractivity (Wildman–Crippen MR) is 44.0 cm³/mol. The van der Waals surface area contributed by atoms with Crippen LogP contribution in [-0.4, -0.2) is 0 Å². The molecule has 2 nitrogen and oxygen atoms in total. The van der Waals surface area contributed by atoms with E-state index in [0.29, 0.717) is 6.42 Å². The molecule has 1 atom stereocenters. The summed E-state index contributed by atoms with van der Waals surface area (Å²) in [6.07, 6.45) is 1.38. The van der Waals surface area contributed by atoms with E-state index in [0.717, 1.165) is 12.3 Å². The molecule has 1 heterocycles. The molecule has 0 unspecified atom stereocenters. The number of hydrogen-bond acceptors (Lipinski definition) is 1. The van der Waals surface area contributed by atoms with Gasteiger partial charge in [-0.3, -0.25) is 0 Å². The molecular weight excluding hydrogens is 176 g/mol. The van der Waals surface area contributed by atoms with Gasteiger partial charge in [0.15, 0.2) is 11.6 Å². The van der Waals surface area contributed by atoms with Gasteiger partial charge in [-0.1, -0.05) is 13.8 Å². The van der Waals surface area contributed by atoms with Crippen molar-refractivity contribution in [2.24, 2.45) is 0 Å². The summed E-state index contributed by atoms with van der Waals surface area (Å²) in [6, 6.07) is 0.732. The summed E-state index contributed by atoms with van der Waals surface area (Å²) >= 11 is 0. The molecule has 1 aromatic rings. The van der Waals surface area contributed by atoms with Crippen molar-refractivity contribution in [1.82, 2.24) is 0 Å². The van der Waals surface area contributed by atoms with Gasteiger partial charge in [0.05, 0.1) is 0 Å². The van der Waals surface area contributed by atoms with E-state index in [2.05, 4.69) is 0 Å². The Balaban J connectivity index is 3.20. The van der Waals surface area contributed by atoms with Gasteiger partial charge >= 0.3 is 0 Å². The van der Waals surface area contributed by atoms with Gasteiger partial charge in [0.1, 0.15) is 0 Å². The molecule has 13 heavy (non-hydrogen) atoms. The summed E-state index contributed by atoms with van der Waals surface area (Å²) < 4.78 is 25.9. The first-order chi connectivity index (χ1) is 6.06. The third-order valence-corrected chi connectivity index (χ3v) is 2.07. The molecule has 0 saturated carbocycles. The van der Waals surface area contributed by atoms with Crippen LogP contribution in [0.3, 0.4) is 0 Å². The number of rotatable bonds is 2. The zero-order chi connectivity index (χ0) is 10.0. The Kier molecular flexibility index (Phi) is 2.80. The van der Waals surface area contributed by atoms with E-state index >= 15 is 0 Å². The van der Waals surface area contributed by atoms with Gasteiger partial charge in [0.25, 0.3) is 0 Å². The Morgan fingerprint density at radius 2 is 2.15 bits per heavy atom. The molecule has 0 fully saturated rings. The molecule has 0 radical (unpaired) electrons. The van der Waals surface area contributed by atoms with E-state index in [-0.39, 0.29) is 16.3 Å². The standard InChI is InChI=1S/C9H11F2NO/c1-3-6(2)9-8(11)4-7(10)5-12(9)13/h4-6H,3H2,1-2H3/t6-/m0/s1. The topological polar surface area (TPSA) is 26.9 Å². The van der Waals surface area contributed by atoms with Crippen molar-refractivity contribution >= 4 is 0 Å². The highest BCUT2D eigenvalue weighted by molar-refractivity contribution is 5.07. The second-order valence-electron chi connectivity index (χ2n) is 3.03. The van der Waals surface area contributed by atoms with Crippen LogP contribution in [0.15, 0.2) is 12.3 Å². The maximum Gasteiger partial charge on any atom is 0.231 e. The molecule has 0 bridgehead atoms. The Bertz CT molecular complexity index is 291. The molecule has 0 aliphatic heterocycles. The summed E-state index contributed by atoms with van der Waals surface area (Å²) in [7, 11) is 0. The molecule has 0 N–H and O–H groups in total. The second kappa shape index (κ2) is 3.68. The first-order valence-electron chi connectivity index (χ1n) is 4.14. The minimum absolute atomic E-state index is 0.00361. The van der Waals surface area contributed by atoms with Crippen molar-refractivity contribution in [2.75, 3.05) is 0 Å². The molecule has 0 saturated heterocycles. The highest BCUT2D eigenvalue weighted by Gasteiger charge is 2.20. The molecule has 72 valence electrons. The van der Waals surface area contributed by atoms with Crippen molar-refractivity contribution in [3.8, 4) is 0 Å². The lowest BCUT2D eigenvalue weighted by Gasteiger charge is -2.09. The molecular formula is C9H11F2NO. The first-order valence-corrected chi connectivity index (χ1v) is 4.14. The third kappa shape index (κ3) is 1.94. The maximum absolute atomic E-state index is 13.1. The van der Waals surface area contributed by atoms with Crippen molar-refractivity contribution in [3.05, 3.63) is 34.8 Å². The highest BCUT2D eigenvalue weighted by atomic mass is 19.1. The molecule has 0 amide bonds. The van der Waals surface area contributed by atoms with Crippen LogP contribution >= 0.6 is 0 Å². The van der Waals surface area contributed by atoms with Crippen LogP contribution in [0.5, 0.6) is 0 Å². The van der Waals surface area contributed by atoms with Crippen molar-refractivity contribution < 1.29 is 13.5 Å². The quantitative estimate of drug-likeness (QED) is 0.514. The lowest BCUT2D eigenvalue weighted by atomic mass is 10.0. The smallest absolute Gasteiger partial charge is 0.231 e. The third-order valence-electron chi connectivity index (χ3n) is 2.07. The monoisotopic (exact) mass is 187 g/mol. The minimum atomic E-state index is -0.848. The molecule has 0 aliphatic rings. The summed E-state index contributed by atoms with van der Waals surface area (Å²) in [5, 5.41) is 11.1. The summed E-state index contributed by atoms with van der Waals surface area (Å²) in [4.78, 5) is 0. The van der Waals surface area contributed by atoms with Crippen LogP contribution in [0.4, 0.5) is 8.78 Å². The maximum atomic E-state index is 13.1. The number of halogens is 2. The fraction of sp³-hybridized carbons (Fsp3) is 0.444. The van der Waals surface area contributed by atoms with Gasteiger partial charge in [0, 0.05) is 12.0 Å². The van der Waals surface area contributed by atoms with E-state index in [1.807, 2.05) is 6.92 Å². The van der Waals surface area contributed by atoms with E-state index in [4.69, 9.17) is 0 Å². The zero-order valence-corrected chi connectivity index (χ0v) is 7.55. The van der Waals surface area contributed by atoms with Crippen molar-refractivity contribution in [2.45, 2.75) is 26.2 Å². The Morgan fingerprint density at radius 3 is 2.62 bits per heavy atom. The lowest BCUT2D eigenvalue weighted by Crippen LogP contribution is -2.34.